The topological polar surface area (TPSA) is 15.3 Å². The minimum absolute atomic E-state index is 0.546. The molecule has 1 N–H and O–H groups in total. The summed E-state index contributed by atoms with van der Waals surface area (Å²) >= 11 is 13.7. The van der Waals surface area contributed by atoms with Gasteiger partial charge < -0.3 is 10.2 Å². The van der Waals surface area contributed by atoms with Gasteiger partial charge in [-0.15, -0.1) is 12.6 Å². The van der Waals surface area contributed by atoms with Gasteiger partial charge in [-0.25, -0.2) is 0 Å². The third kappa shape index (κ3) is 1.53. The zero-order valence-electron chi connectivity index (χ0n) is 4.63. The van der Waals surface area contributed by atoms with Gasteiger partial charge in [-0.3, -0.25) is 0 Å². The van der Waals surface area contributed by atoms with Crippen molar-refractivity contribution < 1.29 is 0 Å². The van der Waals surface area contributed by atoms with Crippen LogP contribution in [0.2, 0.25) is 0 Å². The smallest absolute Gasteiger partial charge is 0.174 e. The van der Waals surface area contributed by atoms with Crippen molar-refractivity contribution >= 4 is 46.5 Å². The van der Waals surface area contributed by atoms with Crippen molar-refractivity contribution in [3.05, 3.63) is 0 Å². The van der Waals surface area contributed by atoms with E-state index in [1.54, 1.807) is 4.90 Å². The Labute approximate surface area is 70.0 Å². The van der Waals surface area contributed by atoms with Gasteiger partial charge in [0, 0.05) is 13.1 Å². The molecule has 1 aliphatic rings. The summed E-state index contributed by atoms with van der Waals surface area (Å²) in [5, 5.41) is 3.66. The highest BCUT2D eigenvalue weighted by Crippen LogP contribution is 2.01. The molecule has 1 rings (SSSR count). The van der Waals surface area contributed by atoms with Gasteiger partial charge in [-0.2, -0.15) is 0 Å². The summed E-state index contributed by atoms with van der Waals surface area (Å²) in [6, 6.07) is 0. The van der Waals surface area contributed by atoms with Crippen molar-refractivity contribution in [2.24, 2.45) is 0 Å². The molecule has 0 aromatic carbocycles. The first-order valence-corrected chi connectivity index (χ1v) is 3.76. The highest BCUT2D eigenvalue weighted by Gasteiger charge is 2.16. The Balaban J connectivity index is 2.60. The van der Waals surface area contributed by atoms with E-state index in [1.165, 1.54) is 0 Å². The molecule has 0 saturated carbocycles. The number of hydrogen-bond donors (Lipinski definition) is 2. The molecular weight excluding hydrogens is 172 g/mol. The molecular formula is C4H6N2S3. The van der Waals surface area contributed by atoms with Crippen LogP contribution < -0.4 is 5.32 Å². The van der Waals surface area contributed by atoms with Crippen LogP contribution in [0.5, 0.6) is 0 Å². The van der Waals surface area contributed by atoms with Crippen LogP contribution in [0.3, 0.4) is 0 Å². The van der Waals surface area contributed by atoms with Crippen molar-refractivity contribution in [1.29, 1.82) is 0 Å². The van der Waals surface area contributed by atoms with Gasteiger partial charge in [0.1, 0.15) is 4.32 Å². The van der Waals surface area contributed by atoms with Crippen LogP contribution in [-0.2, 0) is 0 Å². The Bertz CT molecular complexity index is 156. The maximum absolute atomic E-state index is 4.90. The minimum Gasteiger partial charge on any atom is -0.360 e. The highest BCUT2D eigenvalue weighted by atomic mass is 32.1. The second kappa shape index (κ2) is 2.81. The molecule has 1 fully saturated rings. The summed E-state index contributed by atoms with van der Waals surface area (Å²) in [5.41, 5.74) is 0. The maximum atomic E-state index is 4.90. The molecule has 50 valence electrons. The number of thiol groups is 1. The van der Waals surface area contributed by atoms with Gasteiger partial charge in [0.25, 0.3) is 0 Å². The lowest BCUT2D eigenvalue weighted by Crippen LogP contribution is -2.29. The molecule has 0 amide bonds. The fraction of sp³-hybridized carbons (Fsp3) is 0.500. The molecule has 1 saturated heterocycles. The molecule has 1 heterocycles. The summed E-state index contributed by atoms with van der Waals surface area (Å²) in [5.74, 6) is 0. The molecule has 0 aromatic rings. The molecule has 0 spiro atoms. The van der Waals surface area contributed by atoms with Crippen molar-refractivity contribution in [3.8, 4) is 0 Å². The first-order valence-electron chi connectivity index (χ1n) is 2.50. The van der Waals surface area contributed by atoms with Gasteiger partial charge in [0.2, 0.25) is 0 Å². The van der Waals surface area contributed by atoms with Gasteiger partial charge in [0.15, 0.2) is 5.11 Å². The summed E-state index contributed by atoms with van der Waals surface area (Å²) in [7, 11) is 0. The molecule has 1 aliphatic heterocycles. The molecule has 5 heteroatoms. The third-order valence-corrected chi connectivity index (χ3v) is 1.91. The van der Waals surface area contributed by atoms with Crippen molar-refractivity contribution in [1.82, 2.24) is 10.2 Å². The standard InChI is InChI=1S/C4H6N2S3/c7-3-5-1-2-6(3)4(8)9/h1-2H2,(H,5,7)(H,8,9). The third-order valence-electron chi connectivity index (χ3n) is 1.09. The molecule has 0 bridgehead atoms. The van der Waals surface area contributed by atoms with E-state index in [9.17, 15) is 0 Å². The zero-order valence-corrected chi connectivity index (χ0v) is 7.15. The first-order chi connectivity index (χ1) is 4.22. The normalized spacial score (nSPS) is 17.9. The van der Waals surface area contributed by atoms with Gasteiger partial charge in [0.05, 0.1) is 0 Å². The number of rotatable bonds is 0. The minimum atomic E-state index is 0.546. The van der Waals surface area contributed by atoms with Crippen molar-refractivity contribution in [2.75, 3.05) is 13.1 Å². The number of nitrogens with zero attached hydrogens (tertiary/aromatic N) is 1. The Kier molecular flexibility index (Phi) is 2.26. The van der Waals surface area contributed by atoms with Crippen LogP contribution in [0, 0.1) is 0 Å². The number of thiocarbonyl (C=S) groups is 2. The summed E-state index contributed by atoms with van der Waals surface area (Å²) in [6.07, 6.45) is 0. The van der Waals surface area contributed by atoms with E-state index in [0.29, 0.717) is 9.43 Å². The van der Waals surface area contributed by atoms with E-state index in [1.807, 2.05) is 0 Å². The predicted octanol–water partition coefficient (Wildman–Crippen LogP) is 0.391. The van der Waals surface area contributed by atoms with Crippen LogP contribution >= 0.6 is 37.1 Å². The quantitative estimate of drug-likeness (QED) is 0.412. The Hall–Kier alpha value is 0.130. The van der Waals surface area contributed by atoms with E-state index in [-0.39, 0.29) is 0 Å². The monoisotopic (exact) mass is 178 g/mol. The highest BCUT2D eigenvalue weighted by molar-refractivity contribution is 8.11. The molecule has 2 nitrogen and oxygen atoms in total. The van der Waals surface area contributed by atoms with Gasteiger partial charge in [-0.05, 0) is 12.2 Å². The predicted molar refractivity (Wildman–Crippen MR) is 48.9 cm³/mol. The van der Waals surface area contributed by atoms with E-state index in [0.717, 1.165) is 13.1 Å². The second-order valence-electron chi connectivity index (χ2n) is 1.67. The van der Waals surface area contributed by atoms with Crippen LogP contribution in [0.1, 0.15) is 0 Å². The average molecular weight is 178 g/mol. The molecule has 0 radical (unpaired) electrons. The Morgan fingerprint density at radius 2 is 2.44 bits per heavy atom. The second-order valence-corrected chi connectivity index (χ2v) is 3.17. The van der Waals surface area contributed by atoms with Crippen molar-refractivity contribution in [2.45, 2.75) is 0 Å². The van der Waals surface area contributed by atoms with Crippen LogP contribution in [0.15, 0.2) is 0 Å². The lowest BCUT2D eigenvalue weighted by atomic mass is 10.7. The first kappa shape index (κ1) is 7.24. The molecule has 0 aromatic heterocycles. The fourth-order valence-electron chi connectivity index (χ4n) is 0.654. The Morgan fingerprint density at radius 1 is 1.78 bits per heavy atom. The molecule has 0 atom stereocenters. The van der Waals surface area contributed by atoms with Crippen LogP contribution in [0.25, 0.3) is 0 Å². The van der Waals surface area contributed by atoms with Gasteiger partial charge in [-0.1, -0.05) is 12.2 Å². The van der Waals surface area contributed by atoms with Crippen molar-refractivity contribution in [3.63, 3.8) is 0 Å². The largest absolute Gasteiger partial charge is 0.360 e. The van der Waals surface area contributed by atoms with E-state index < -0.39 is 0 Å². The van der Waals surface area contributed by atoms with E-state index in [2.05, 4.69) is 17.9 Å². The number of hydrogen-bond acceptors (Lipinski definition) is 2. The molecule has 0 aliphatic carbocycles. The van der Waals surface area contributed by atoms with Gasteiger partial charge >= 0.3 is 0 Å². The zero-order chi connectivity index (χ0) is 6.85. The summed E-state index contributed by atoms with van der Waals surface area (Å²) < 4.78 is 0.546. The SMILES string of the molecule is S=C(S)N1CCNC1=S. The molecule has 0 unspecified atom stereocenters. The summed E-state index contributed by atoms with van der Waals surface area (Å²) in [6.45, 7) is 1.72. The van der Waals surface area contributed by atoms with Crippen LogP contribution in [0.4, 0.5) is 0 Å². The average Bonchev–Trinajstić information content (AvgIpc) is 2.13. The van der Waals surface area contributed by atoms with Crippen LogP contribution in [-0.4, -0.2) is 27.4 Å². The fourth-order valence-corrected chi connectivity index (χ4v) is 1.45. The lowest BCUT2D eigenvalue weighted by molar-refractivity contribution is 0.707. The number of nitrogens with one attached hydrogen (secondary N) is 1. The van der Waals surface area contributed by atoms with E-state index >= 15 is 0 Å². The lowest BCUT2D eigenvalue weighted by Gasteiger charge is -2.11. The maximum Gasteiger partial charge on any atom is 0.174 e. The Morgan fingerprint density at radius 3 is 2.67 bits per heavy atom. The molecule has 9 heavy (non-hydrogen) atoms. The van der Waals surface area contributed by atoms with E-state index in [4.69, 9.17) is 24.4 Å². The summed E-state index contributed by atoms with van der Waals surface area (Å²) in [4.78, 5) is 1.79.